The molecule has 1 unspecified atom stereocenters. The molecule has 0 saturated heterocycles. The lowest BCUT2D eigenvalue weighted by atomic mass is 10.0. The third-order valence-corrected chi connectivity index (χ3v) is 2.80. The van der Waals surface area contributed by atoms with Gasteiger partial charge in [-0.3, -0.25) is 0 Å². The molecular formula is C14H17NO2. The minimum Gasteiger partial charge on any atom is -0.486 e. The fourth-order valence-corrected chi connectivity index (χ4v) is 1.87. The van der Waals surface area contributed by atoms with Gasteiger partial charge < -0.3 is 14.8 Å². The summed E-state index contributed by atoms with van der Waals surface area (Å²) in [6, 6.07) is 6.30. The maximum absolute atomic E-state index is 5.57. The Morgan fingerprint density at radius 2 is 2.06 bits per heavy atom. The standard InChI is InChI=1S/C14H17NO2/c1-3-4-5-12(15-2)11-6-7-13-14(10-11)17-9-8-16-13/h6-7,10,12,15H,5,8-9H2,1-2H3. The van der Waals surface area contributed by atoms with Crippen LogP contribution in [0.2, 0.25) is 0 Å². The zero-order chi connectivity index (χ0) is 12.1. The van der Waals surface area contributed by atoms with Gasteiger partial charge in [-0.1, -0.05) is 6.07 Å². The summed E-state index contributed by atoms with van der Waals surface area (Å²) in [7, 11) is 1.94. The van der Waals surface area contributed by atoms with Crippen molar-refractivity contribution in [1.29, 1.82) is 0 Å². The summed E-state index contributed by atoms with van der Waals surface area (Å²) in [5.74, 6) is 7.67. The molecule has 2 rings (SSSR count). The molecule has 17 heavy (non-hydrogen) atoms. The van der Waals surface area contributed by atoms with Crippen LogP contribution < -0.4 is 14.8 Å². The molecule has 1 heterocycles. The number of rotatable bonds is 3. The van der Waals surface area contributed by atoms with E-state index in [9.17, 15) is 0 Å². The Bertz CT molecular complexity index is 445. The first-order valence-corrected chi connectivity index (χ1v) is 5.81. The Kier molecular flexibility index (Phi) is 3.89. The number of ether oxygens (including phenoxy) is 2. The molecule has 1 aromatic rings. The molecule has 1 aliphatic rings. The first-order chi connectivity index (χ1) is 8.35. The van der Waals surface area contributed by atoms with Crippen molar-refractivity contribution in [3.05, 3.63) is 23.8 Å². The van der Waals surface area contributed by atoms with Crippen LogP contribution in [-0.4, -0.2) is 20.3 Å². The van der Waals surface area contributed by atoms with Crippen molar-refractivity contribution in [3.63, 3.8) is 0 Å². The molecule has 0 saturated carbocycles. The largest absolute Gasteiger partial charge is 0.486 e. The van der Waals surface area contributed by atoms with Crippen molar-refractivity contribution >= 4 is 0 Å². The highest BCUT2D eigenvalue weighted by molar-refractivity contribution is 5.44. The summed E-state index contributed by atoms with van der Waals surface area (Å²) < 4.78 is 11.1. The van der Waals surface area contributed by atoms with Crippen LogP contribution in [0.5, 0.6) is 11.5 Å². The molecule has 1 atom stereocenters. The summed E-state index contributed by atoms with van der Waals surface area (Å²) in [4.78, 5) is 0. The summed E-state index contributed by atoms with van der Waals surface area (Å²) in [6.07, 6.45) is 0.798. The Morgan fingerprint density at radius 1 is 1.29 bits per heavy atom. The van der Waals surface area contributed by atoms with Crippen molar-refractivity contribution in [2.75, 3.05) is 20.3 Å². The second-order valence-corrected chi connectivity index (χ2v) is 3.88. The van der Waals surface area contributed by atoms with E-state index >= 15 is 0 Å². The number of benzene rings is 1. The molecule has 1 N–H and O–H groups in total. The van der Waals surface area contributed by atoms with Crippen molar-refractivity contribution in [1.82, 2.24) is 5.32 Å². The first-order valence-electron chi connectivity index (χ1n) is 5.81. The Morgan fingerprint density at radius 3 is 2.76 bits per heavy atom. The Labute approximate surface area is 102 Å². The highest BCUT2D eigenvalue weighted by Crippen LogP contribution is 2.33. The second kappa shape index (κ2) is 5.60. The van der Waals surface area contributed by atoms with Gasteiger partial charge in [-0.25, -0.2) is 0 Å². The Hall–Kier alpha value is -1.66. The van der Waals surface area contributed by atoms with Gasteiger partial charge in [0.25, 0.3) is 0 Å². The lowest BCUT2D eigenvalue weighted by Gasteiger charge is -2.21. The van der Waals surface area contributed by atoms with Gasteiger partial charge in [-0.15, -0.1) is 11.8 Å². The van der Waals surface area contributed by atoms with Crippen LogP contribution in [0.3, 0.4) is 0 Å². The molecule has 0 bridgehead atoms. The minimum absolute atomic E-state index is 0.235. The van der Waals surface area contributed by atoms with E-state index in [0.717, 1.165) is 17.9 Å². The van der Waals surface area contributed by atoms with Gasteiger partial charge in [0.15, 0.2) is 11.5 Å². The predicted octanol–water partition coefficient (Wildman–Crippen LogP) is 2.13. The molecule has 3 nitrogen and oxygen atoms in total. The summed E-state index contributed by atoms with van der Waals surface area (Å²) in [5, 5.41) is 3.26. The zero-order valence-electron chi connectivity index (χ0n) is 10.2. The second-order valence-electron chi connectivity index (χ2n) is 3.88. The summed E-state index contributed by atoms with van der Waals surface area (Å²) >= 11 is 0. The van der Waals surface area contributed by atoms with Gasteiger partial charge in [0.1, 0.15) is 13.2 Å². The molecule has 3 heteroatoms. The van der Waals surface area contributed by atoms with Crippen LogP contribution in [0.4, 0.5) is 0 Å². The highest BCUT2D eigenvalue weighted by atomic mass is 16.6. The third-order valence-electron chi connectivity index (χ3n) is 2.80. The van der Waals surface area contributed by atoms with Gasteiger partial charge in [0.2, 0.25) is 0 Å². The topological polar surface area (TPSA) is 30.5 Å². The summed E-state index contributed by atoms with van der Waals surface area (Å²) in [6.45, 7) is 3.11. The molecule has 0 aliphatic carbocycles. The predicted molar refractivity (Wildman–Crippen MR) is 67.3 cm³/mol. The SMILES string of the molecule is CC#CCC(NC)c1ccc2c(c1)OCCO2. The molecule has 0 spiro atoms. The van der Waals surface area contributed by atoms with Crippen LogP contribution in [-0.2, 0) is 0 Å². The van der Waals surface area contributed by atoms with Gasteiger partial charge in [0, 0.05) is 12.5 Å². The normalized spacial score (nSPS) is 14.7. The molecule has 90 valence electrons. The molecule has 0 amide bonds. The third kappa shape index (κ3) is 2.72. The van der Waals surface area contributed by atoms with Crippen LogP contribution in [0.15, 0.2) is 18.2 Å². The maximum atomic E-state index is 5.57. The van der Waals surface area contributed by atoms with Crippen molar-refractivity contribution in [3.8, 4) is 23.3 Å². The van der Waals surface area contributed by atoms with Crippen molar-refractivity contribution in [2.24, 2.45) is 0 Å². The van der Waals surface area contributed by atoms with E-state index < -0.39 is 0 Å². The fourth-order valence-electron chi connectivity index (χ4n) is 1.87. The molecule has 0 fully saturated rings. The molecule has 0 aromatic heterocycles. The van der Waals surface area contributed by atoms with Crippen molar-refractivity contribution < 1.29 is 9.47 Å². The molecular weight excluding hydrogens is 214 g/mol. The van der Waals surface area contributed by atoms with Gasteiger partial charge in [-0.05, 0) is 31.7 Å². The first kappa shape index (κ1) is 11.8. The fraction of sp³-hybridized carbons (Fsp3) is 0.429. The van der Waals surface area contributed by atoms with E-state index in [1.165, 1.54) is 5.56 Å². The van der Waals surface area contributed by atoms with Gasteiger partial charge >= 0.3 is 0 Å². The molecule has 1 aliphatic heterocycles. The van der Waals surface area contributed by atoms with E-state index in [2.05, 4.69) is 23.2 Å². The number of fused-ring (bicyclic) bond motifs is 1. The lowest BCUT2D eigenvalue weighted by molar-refractivity contribution is 0.171. The van der Waals surface area contributed by atoms with E-state index in [1.807, 2.05) is 26.1 Å². The average molecular weight is 231 g/mol. The number of hydrogen-bond donors (Lipinski definition) is 1. The zero-order valence-corrected chi connectivity index (χ0v) is 10.2. The highest BCUT2D eigenvalue weighted by Gasteiger charge is 2.15. The van der Waals surface area contributed by atoms with Crippen LogP contribution >= 0.6 is 0 Å². The van der Waals surface area contributed by atoms with Crippen molar-refractivity contribution in [2.45, 2.75) is 19.4 Å². The van der Waals surface area contributed by atoms with Crippen LogP contribution in [0.25, 0.3) is 0 Å². The monoisotopic (exact) mass is 231 g/mol. The smallest absolute Gasteiger partial charge is 0.161 e. The minimum atomic E-state index is 0.235. The molecule has 1 aromatic carbocycles. The lowest BCUT2D eigenvalue weighted by Crippen LogP contribution is -2.18. The number of nitrogens with one attached hydrogen (secondary N) is 1. The number of hydrogen-bond acceptors (Lipinski definition) is 3. The maximum Gasteiger partial charge on any atom is 0.161 e. The average Bonchev–Trinajstić information content (AvgIpc) is 2.39. The van der Waals surface area contributed by atoms with E-state index in [4.69, 9.17) is 9.47 Å². The summed E-state index contributed by atoms with van der Waals surface area (Å²) in [5.41, 5.74) is 1.18. The van der Waals surface area contributed by atoms with Gasteiger partial charge in [-0.2, -0.15) is 0 Å². The van der Waals surface area contributed by atoms with Gasteiger partial charge in [0.05, 0.1) is 0 Å². The van der Waals surface area contributed by atoms with E-state index in [0.29, 0.717) is 13.2 Å². The van der Waals surface area contributed by atoms with E-state index in [1.54, 1.807) is 0 Å². The van der Waals surface area contributed by atoms with E-state index in [-0.39, 0.29) is 6.04 Å². The molecule has 0 radical (unpaired) electrons. The van der Waals surface area contributed by atoms with Crippen LogP contribution in [0.1, 0.15) is 24.9 Å². The Balaban J connectivity index is 2.21. The quantitative estimate of drug-likeness (QED) is 0.808. The van der Waals surface area contributed by atoms with Crippen LogP contribution in [0, 0.1) is 11.8 Å².